The molecule has 102 valence electrons. The monoisotopic (exact) mass is 335 g/mol. The lowest BCUT2D eigenvalue weighted by molar-refractivity contribution is 0.431. The van der Waals surface area contributed by atoms with Gasteiger partial charge in [-0.25, -0.2) is 0 Å². The maximum absolute atomic E-state index is 5.45. The first-order valence-electron chi connectivity index (χ1n) is 5.81. The predicted molar refractivity (Wildman–Crippen MR) is 73.3 cm³/mol. The van der Waals surface area contributed by atoms with Gasteiger partial charge in [-0.3, -0.25) is 9.67 Å². The SMILES string of the molecule is NCCn1cc(-c2nc(-c3cncc(Br)c3)no2)nn1. The summed E-state index contributed by atoms with van der Waals surface area (Å²) in [5.74, 6) is 0.755. The summed E-state index contributed by atoms with van der Waals surface area (Å²) in [5.41, 5.74) is 6.72. The number of aromatic nitrogens is 6. The molecule has 0 aromatic carbocycles. The third-order valence-corrected chi connectivity index (χ3v) is 2.94. The lowest BCUT2D eigenvalue weighted by atomic mass is 10.3. The molecule has 0 unspecified atom stereocenters. The van der Waals surface area contributed by atoms with Crippen LogP contribution in [-0.4, -0.2) is 36.7 Å². The Hall–Kier alpha value is -2.13. The van der Waals surface area contributed by atoms with Gasteiger partial charge in [0.25, 0.3) is 5.89 Å². The molecular weight excluding hydrogens is 326 g/mol. The van der Waals surface area contributed by atoms with Crippen molar-refractivity contribution in [2.75, 3.05) is 6.54 Å². The van der Waals surface area contributed by atoms with Gasteiger partial charge in [0.1, 0.15) is 0 Å². The predicted octanol–water partition coefficient (Wildman–Crippen LogP) is 1.11. The van der Waals surface area contributed by atoms with E-state index in [0.717, 1.165) is 10.0 Å². The number of nitrogens with zero attached hydrogens (tertiary/aromatic N) is 6. The minimum atomic E-state index is 0.309. The topological polar surface area (TPSA) is 109 Å². The molecule has 0 saturated heterocycles. The normalized spacial score (nSPS) is 10.9. The highest BCUT2D eigenvalue weighted by Gasteiger charge is 2.14. The molecule has 3 aromatic heterocycles. The summed E-state index contributed by atoms with van der Waals surface area (Å²) in [5, 5.41) is 11.8. The summed E-state index contributed by atoms with van der Waals surface area (Å²) in [6.45, 7) is 1.07. The Morgan fingerprint density at radius 3 is 3.05 bits per heavy atom. The van der Waals surface area contributed by atoms with Gasteiger partial charge in [-0.05, 0) is 22.0 Å². The van der Waals surface area contributed by atoms with E-state index in [0.29, 0.717) is 30.5 Å². The highest BCUT2D eigenvalue weighted by atomic mass is 79.9. The number of hydrogen-bond acceptors (Lipinski definition) is 7. The van der Waals surface area contributed by atoms with Crippen LogP contribution in [0.15, 0.2) is 33.7 Å². The van der Waals surface area contributed by atoms with Crippen LogP contribution in [0.25, 0.3) is 23.0 Å². The molecule has 0 aliphatic carbocycles. The Bertz CT molecular complexity index is 723. The molecule has 3 aromatic rings. The Balaban J connectivity index is 1.89. The van der Waals surface area contributed by atoms with E-state index in [-0.39, 0.29) is 0 Å². The first kappa shape index (κ1) is 12.9. The number of rotatable bonds is 4. The minimum Gasteiger partial charge on any atom is -0.332 e. The van der Waals surface area contributed by atoms with E-state index < -0.39 is 0 Å². The van der Waals surface area contributed by atoms with Crippen LogP contribution in [0, 0.1) is 0 Å². The van der Waals surface area contributed by atoms with Crippen LogP contribution in [0.4, 0.5) is 0 Å². The molecule has 0 atom stereocenters. The Kier molecular flexibility index (Phi) is 3.52. The first-order chi connectivity index (χ1) is 9.76. The van der Waals surface area contributed by atoms with Crippen molar-refractivity contribution in [3.8, 4) is 23.0 Å². The second kappa shape index (κ2) is 5.47. The molecule has 20 heavy (non-hydrogen) atoms. The Morgan fingerprint density at radius 1 is 1.35 bits per heavy atom. The van der Waals surface area contributed by atoms with Gasteiger partial charge >= 0.3 is 0 Å². The van der Waals surface area contributed by atoms with Gasteiger partial charge in [-0.15, -0.1) is 5.10 Å². The molecule has 9 heteroatoms. The molecule has 0 radical (unpaired) electrons. The standard InChI is InChI=1S/C11H10BrN7O/c12-8-3-7(4-14-5-8)10-15-11(20-17-10)9-6-19(2-1-13)18-16-9/h3-6H,1-2,13H2. The molecule has 0 saturated carbocycles. The van der Waals surface area contributed by atoms with Gasteiger partial charge in [-0.1, -0.05) is 10.4 Å². The molecule has 2 N–H and O–H groups in total. The molecule has 0 aliphatic heterocycles. The van der Waals surface area contributed by atoms with Crippen LogP contribution in [0.3, 0.4) is 0 Å². The Labute approximate surface area is 122 Å². The van der Waals surface area contributed by atoms with Gasteiger partial charge in [0.15, 0.2) is 5.69 Å². The number of halogens is 1. The van der Waals surface area contributed by atoms with E-state index in [9.17, 15) is 0 Å². The summed E-state index contributed by atoms with van der Waals surface area (Å²) < 4.78 is 7.65. The molecular formula is C11H10BrN7O. The van der Waals surface area contributed by atoms with Crippen molar-refractivity contribution < 1.29 is 4.52 Å². The van der Waals surface area contributed by atoms with Crippen molar-refractivity contribution >= 4 is 15.9 Å². The van der Waals surface area contributed by atoms with Crippen molar-refractivity contribution in [1.82, 2.24) is 30.1 Å². The summed E-state index contributed by atoms with van der Waals surface area (Å²) in [6, 6.07) is 1.85. The maximum atomic E-state index is 5.45. The van der Waals surface area contributed by atoms with Crippen molar-refractivity contribution in [1.29, 1.82) is 0 Å². The van der Waals surface area contributed by atoms with Crippen LogP contribution >= 0.6 is 15.9 Å². The molecule has 0 aliphatic rings. The smallest absolute Gasteiger partial charge is 0.280 e. The number of nitrogens with two attached hydrogens (primary N) is 1. The lowest BCUT2D eigenvalue weighted by Crippen LogP contribution is -2.10. The van der Waals surface area contributed by atoms with E-state index in [1.165, 1.54) is 0 Å². The zero-order chi connectivity index (χ0) is 13.9. The fourth-order valence-electron chi connectivity index (χ4n) is 1.62. The van der Waals surface area contributed by atoms with Crippen molar-refractivity contribution in [3.05, 3.63) is 29.1 Å². The molecule has 0 bridgehead atoms. The van der Waals surface area contributed by atoms with E-state index in [1.807, 2.05) is 6.07 Å². The lowest BCUT2D eigenvalue weighted by Gasteiger charge is -1.93. The van der Waals surface area contributed by atoms with Gasteiger partial charge in [-0.2, -0.15) is 4.98 Å². The van der Waals surface area contributed by atoms with E-state index in [1.54, 1.807) is 23.3 Å². The third-order valence-electron chi connectivity index (χ3n) is 2.51. The summed E-state index contributed by atoms with van der Waals surface area (Å²) >= 11 is 3.35. The summed E-state index contributed by atoms with van der Waals surface area (Å²) in [4.78, 5) is 8.34. The van der Waals surface area contributed by atoms with Crippen LogP contribution in [0.5, 0.6) is 0 Å². The van der Waals surface area contributed by atoms with Gasteiger partial charge in [0.05, 0.1) is 12.7 Å². The quantitative estimate of drug-likeness (QED) is 0.760. The summed E-state index contributed by atoms with van der Waals surface area (Å²) in [6.07, 6.45) is 5.05. The van der Waals surface area contributed by atoms with Crippen molar-refractivity contribution in [2.24, 2.45) is 5.73 Å². The van der Waals surface area contributed by atoms with Crippen LogP contribution < -0.4 is 5.73 Å². The zero-order valence-corrected chi connectivity index (χ0v) is 11.9. The summed E-state index contributed by atoms with van der Waals surface area (Å²) in [7, 11) is 0. The Morgan fingerprint density at radius 2 is 2.25 bits per heavy atom. The second-order valence-corrected chi connectivity index (χ2v) is 4.89. The molecule has 0 spiro atoms. The molecule has 3 rings (SSSR count). The highest BCUT2D eigenvalue weighted by molar-refractivity contribution is 9.10. The van der Waals surface area contributed by atoms with Gasteiger partial charge < -0.3 is 10.3 Å². The molecule has 0 fully saturated rings. The van der Waals surface area contributed by atoms with Crippen LogP contribution in [0.2, 0.25) is 0 Å². The largest absolute Gasteiger partial charge is 0.332 e. The molecule has 8 nitrogen and oxygen atoms in total. The van der Waals surface area contributed by atoms with Crippen LogP contribution in [0.1, 0.15) is 0 Å². The minimum absolute atomic E-state index is 0.309. The fraction of sp³-hybridized carbons (Fsp3) is 0.182. The highest BCUT2D eigenvalue weighted by Crippen LogP contribution is 2.22. The van der Waals surface area contributed by atoms with E-state index in [4.69, 9.17) is 10.3 Å². The molecule has 0 amide bonds. The fourth-order valence-corrected chi connectivity index (χ4v) is 1.98. The van der Waals surface area contributed by atoms with Crippen molar-refractivity contribution in [2.45, 2.75) is 6.54 Å². The van der Waals surface area contributed by atoms with E-state index in [2.05, 4.69) is 41.4 Å². The number of pyridine rings is 1. The van der Waals surface area contributed by atoms with Crippen molar-refractivity contribution in [3.63, 3.8) is 0 Å². The average molecular weight is 336 g/mol. The number of hydrogen-bond donors (Lipinski definition) is 1. The zero-order valence-electron chi connectivity index (χ0n) is 10.3. The first-order valence-corrected chi connectivity index (χ1v) is 6.61. The third kappa shape index (κ3) is 2.58. The average Bonchev–Trinajstić information content (AvgIpc) is 3.07. The van der Waals surface area contributed by atoms with E-state index >= 15 is 0 Å². The maximum Gasteiger partial charge on any atom is 0.280 e. The second-order valence-electron chi connectivity index (χ2n) is 3.97. The van der Waals surface area contributed by atoms with Gasteiger partial charge in [0, 0.05) is 29.0 Å². The van der Waals surface area contributed by atoms with Gasteiger partial charge in [0.2, 0.25) is 5.82 Å². The van der Waals surface area contributed by atoms with Crippen LogP contribution in [-0.2, 0) is 6.54 Å². The molecule has 3 heterocycles.